The SMILES string of the molecule is COc1ccc(CSc2ccc(C3CC(OCCF)C3)cc2)cc1. The highest BCUT2D eigenvalue weighted by atomic mass is 32.2. The highest BCUT2D eigenvalue weighted by molar-refractivity contribution is 7.98. The van der Waals surface area contributed by atoms with Crippen LogP contribution in [0.1, 0.15) is 29.9 Å². The van der Waals surface area contributed by atoms with Gasteiger partial charge in [-0.15, -0.1) is 11.8 Å². The predicted molar refractivity (Wildman–Crippen MR) is 96.7 cm³/mol. The van der Waals surface area contributed by atoms with Crippen LogP contribution in [0, 0.1) is 0 Å². The van der Waals surface area contributed by atoms with Crippen molar-refractivity contribution >= 4 is 11.8 Å². The number of ether oxygens (including phenoxy) is 2. The maximum atomic E-state index is 12.1. The Hall–Kier alpha value is -1.52. The minimum atomic E-state index is -0.388. The van der Waals surface area contributed by atoms with Gasteiger partial charge in [0.25, 0.3) is 0 Å². The molecule has 1 fully saturated rings. The van der Waals surface area contributed by atoms with Gasteiger partial charge in [0.1, 0.15) is 12.4 Å². The van der Waals surface area contributed by atoms with Gasteiger partial charge in [0.15, 0.2) is 0 Å². The summed E-state index contributed by atoms with van der Waals surface area (Å²) in [5.74, 6) is 2.41. The first-order chi connectivity index (χ1) is 11.8. The summed E-state index contributed by atoms with van der Waals surface area (Å²) >= 11 is 1.84. The van der Waals surface area contributed by atoms with Crippen molar-refractivity contribution < 1.29 is 13.9 Å². The van der Waals surface area contributed by atoms with Gasteiger partial charge in [0, 0.05) is 10.6 Å². The molecule has 4 heteroatoms. The van der Waals surface area contributed by atoms with Gasteiger partial charge in [0.05, 0.1) is 19.8 Å². The Morgan fingerprint density at radius 1 is 1.04 bits per heavy atom. The average molecular weight is 346 g/mol. The summed E-state index contributed by atoms with van der Waals surface area (Å²) in [7, 11) is 1.68. The molecule has 2 aromatic carbocycles. The third-order valence-corrected chi connectivity index (χ3v) is 5.52. The second kappa shape index (κ2) is 8.54. The van der Waals surface area contributed by atoms with Crippen LogP contribution in [0.4, 0.5) is 4.39 Å². The number of thioether (sulfide) groups is 1. The lowest BCUT2D eigenvalue weighted by molar-refractivity contribution is -0.0153. The van der Waals surface area contributed by atoms with Crippen LogP contribution in [-0.4, -0.2) is 26.5 Å². The van der Waals surface area contributed by atoms with Crippen LogP contribution >= 0.6 is 11.8 Å². The fourth-order valence-electron chi connectivity index (χ4n) is 2.91. The highest BCUT2D eigenvalue weighted by Gasteiger charge is 2.30. The Balaban J connectivity index is 1.46. The third-order valence-electron chi connectivity index (χ3n) is 4.44. The summed E-state index contributed by atoms with van der Waals surface area (Å²) < 4.78 is 22.7. The number of rotatable bonds is 8. The van der Waals surface area contributed by atoms with Crippen molar-refractivity contribution in [2.24, 2.45) is 0 Å². The maximum Gasteiger partial charge on any atom is 0.118 e. The van der Waals surface area contributed by atoms with E-state index in [1.54, 1.807) is 7.11 Å². The van der Waals surface area contributed by atoms with E-state index in [0.29, 0.717) is 5.92 Å². The second-order valence-corrected chi connectivity index (χ2v) is 7.10. The Bertz CT molecular complexity index is 621. The van der Waals surface area contributed by atoms with Crippen molar-refractivity contribution in [2.75, 3.05) is 20.4 Å². The zero-order valence-electron chi connectivity index (χ0n) is 13.9. The van der Waals surface area contributed by atoms with Crippen LogP contribution in [0.5, 0.6) is 5.75 Å². The van der Waals surface area contributed by atoms with Gasteiger partial charge in [-0.2, -0.15) is 0 Å². The average Bonchev–Trinajstić information content (AvgIpc) is 2.60. The molecule has 0 atom stereocenters. The molecule has 1 aliphatic carbocycles. The zero-order chi connectivity index (χ0) is 16.8. The highest BCUT2D eigenvalue weighted by Crippen LogP contribution is 2.39. The molecule has 0 unspecified atom stereocenters. The summed E-state index contributed by atoms with van der Waals surface area (Å²) in [4.78, 5) is 1.28. The van der Waals surface area contributed by atoms with E-state index in [4.69, 9.17) is 9.47 Å². The Morgan fingerprint density at radius 3 is 2.38 bits per heavy atom. The molecule has 2 aromatic rings. The summed E-state index contributed by atoms with van der Waals surface area (Å²) in [6, 6.07) is 17.0. The largest absolute Gasteiger partial charge is 0.497 e. The maximum absolute atomic E-state index is 12.1. The van der Waals surface area contributed by atoms with E-state index in [0.717, 1.165) is 24.3 Å². The third kappa shape index (κ3) is 4.52. The first-order valence-corrected chi connectivity index (χ1v) is 9.30. The lowest BCUT2D eigenvalue weighted by atomic mass is 9.77. The van der Waals surface area contributed by atoms with E-state index in [2.05, 4.69) is 36.4 Å². The van der Waals surface area contributed by atoms with E-state index < -0.39 is 0 Å². The van der Waals surface area contributed by atoms with Crippen LogP contribution in [-0.2, 0) is 10.5 Å². The molecule has 3 rings (SSSR count). The van der Waals surface area contributed by atoms with Crippen molar-refractivity contribution in [3.05, 3.63) is 59.7 Å². The monoisotopic (exact) mass is 346 g/mol. The lowest BCUT2D eigenvalue weighted by Gasteiger charge is -2.35. The fourth-order valence-corrected chi connectivity index (χ4v) is 3.76. The first-order valence-electron chi connectivity index (χ1n) is 8.31. The molecule has 1 saturated carbocycles. The topological polar surface area (TPSA) is 18.5 Å². The molecule has 24 heavy (non-hydrogen) atoms. The fraction of sp³-hybridized carbons (Fsp3) is 0.400. The molecule has 128 valence electrons. The van der Waals surface area contributed by atoms with E-state index in [1.807, 2.05) is 23.9 Å². The molecule has 0 spiro atoms. The molecule has 2 nitrogen and oxygen atoms in total. The summed E-state index contributed by atoms with van der Waals surface area (Å²) in [5.41, 5.74) is 2.65. The molecule has 0 radical (unpaired) electrons. The van der Waals surface area contributed by atoms with E-state index in [1.165, 1.54) is 16.0 Å². The van der Waals surface area contributed by atoms with Gasteiger partial charge in [-0.1, -0.05) is 24.3 Å². The lowest BCUT2D eigenvalue weighted by Crippen LogP contribution is -2.30. The quantitative estimate of drug-likeness (QED) is 0.611. The predicted octanol–water partition coefficient (Wildman–Crippen LogP) is 5.22. The van der Waals surface area contributed by atoms with E-state index in [-0.39, 0.29) is 19.4 Å². The molecule has 0 bridgehead atoms. The zero-order valence-corrected chi connectivity index (χ0v) is 14.7. The van der Waals surface area contributed by atoms with Crippen molar-refractivity contribution in [1.82, 2.24) is 0 Å². The van der Waals surface area contributed by atoms with Gasteiger partial charge in [-0.25, -0.2) is 4.39 Å². The van der Waals surface area contributed by atoms with E-state index in [9.17, 15) is 4.39 Å². The van der Waals surface area contributed by atoms with Gasteiger partial charge in [-0.05, 0) is 54.2 Å². The standard InChI is InChI=1S/C20H23FO2S/c1-22-18-6-2-15(3-7-18)14-24-20-8-4-16(5-9-20)17-12-19(13-17)23-11-10-21/h2-9,17,19H,10-14H2,1H3. The normalized spacial score (nSPS) is 19.8. The molecule has 1 aliphatic rings. The van der Waals surface area contributed by atoms with Gasteiger partial charge >= 0.3 is 0 Å². The first kappa shape index (κ1) is 17.3. The smallest absolute Gasteiger partial charge is 0.118 e. The Kier molecular flexibility index (Phi) is 6.16. The van der Waals surface area contributed by atoms with Crippen LogP contribution in [0.3, 0.4) is 0 Å². The van der Waals surface area contributed by atoms with Crippen molar-refractivity contribution in [3.8, 4) is 5.75 Å². The number of halogens is 1. The van der Waals surface area contributed by atoms with Gasteiger partial charge < -0.3 is 9.47 Å². The molecular weight excluding hydrogens is 323 g/mol. The van der Waals surface area contributed by atoms with Crippen LogP contribution in [0.25, 0.3) is 0 Å². The van der Waals surface area contributed by atoms with Crippen LogP contribution in [0.2, 0.25) is 0 Å². The van der Waals surface area contributed by atoms with E-state index >= 15 is 0 Å². The van der Waals surface area contributed by atoms with Crippen molar-refractivity contribution in [2.45, 2.75) is 35.5 Å². The van der Waals surface area contributed by atoms with Gasteiger partial charge in [-0.3, -0.25) is 0 Å². The van der Waals surface area contributed by atoms with Crippen molar-refractivity contribution in [1.29, 1.82) is 0 Å². The van der Waals surface area contributed by atoms with Gasteiger partial charge in [0.2, 0.25) is 0 Å². The molecule has 0 saturated heterocycles. The molecule has 0 aliphatic heterocycles. The molecular formula is C20H23FO2S. The molecule has 0 heterocycles. The minimum absolute atomic E-state index is 0.234. The van der Waals surface area contributed by atoms with Crippen molar-refractivity contribution in [3.63, 3.8) is 0 Å². The van der Waals surface area contributed by atoms with Crippen LogP contribution in [0.15, 0.2) is 53.4 Å². The molecule has 0 aromatic heterocycles. The van der Waals surface area contributed by atoms with Crippen LogP contribution < -0.4 is 4.74 Å². The summed E-state index contributed by atoms with van der Waals surface area (Å²) in [6.45, 7) is -0.153. The summed E-state index contributed by atoms with van der Waals surface area (Å²) in [6.07, 6.45) is 2.27. The number of hydrogen-bond donors (Lipinski definition) is 0. The number of benzene rings is 2. The summed E-state index contributed by atoms with van der Waals surface area (Å²) in [5, 5.41) is 0. The Morgan fingerprint density at radius 2 is 1.75 bits per heavy atom. The molecule has 0 N–H and O–H groups in total. The number of hydrogen-bond acceptors (Lipinski definition) is 3. The minimum Gasteiger partial charge on any atom is -0.497 e. The number of alkyl halides is 1. The number of methoxy groups -OCH3 is 1. The molecule has 0 amide bonds. The Labute approximate surface area is 147 Å². The second-order valence-electron chi connectivity index (χ2n) is 6.06.